The van der Waals surface area contributed by atoms with Gasteiger partial charge in [-0.3, -0.25) is 4.79 Å². The maximum Gasteiger partial charge on any atom is 0.258 e. The molecule has 1 N–H and O–H groups in total. The molecule has 0 unspecified atom stereocenters. The largest absolute Gasteiger partial charge is 0.497 e. The van der Waals surface area contributed by atoms with Crippen LogP contribution < -0.4 is 19.5 Å². The number of methoxy groups -OCH3 is 1. The van der Waals surface area contributed by atoms with Gasteiger partial charge in [0.05, 0.1) is 19.9 Å². The lowest BCUT2D eigenvalue weighted by atomic mass is 10.3. The minimum Gasteiger partial charge on any atom is -0.497 e. The summed E-state index contributed by atoms with van der Waals surface area (Å²) in [6.45, 7) is 0.492. The van der Waals surface area contributed by atoms with Gasteiger partial charge in [-0.1, -0.05) is 6.07 Å². The van der Waals surface area contributed by atoms with Crippen LogP contribution in [0.3, 0.4) is 0 Å². The SMILES string of the molecule is COc1cccc(OCC(=O)NCCOc2ccc(-c3ccco3)nn2)c1. The van der Waals surface area contributed by atoms with E-state index in [0.717, 1.165) is 0 Å². The highest BCUT2D eigenvalue weighted by atomic mass is 16.5. The topological polar surface area (TPSA) is 95.7 Å². The number of nitrogens with zero attached hydrogens (tertiary/aromatic N) is 2. The molecular weight excluding hydrogens is 350 g/mol. The predicted molar refractivity (Wildman–Crippen MR) is 96.7 cm³/mol. The van der Waals surface area contributed by atoms with Crippen molar-refractivity contribution >= 4 is 5.91 Å². The van der Waals surface area contributed by atoms with E-state index in [4.69, 9.17) is 18.6 Å². The van der Waals surface area contributed by atoms with Crippen molar-refractivity contribution < 1.29 is 23.4 Å². The highest BCUT2D eigenvalue weighted by Crippen LogP contribution is 2.19. The number of amides is 1. The van der Waals surface area contributed by atoms with E-state index in [1.54, 1.807) is 61.9 Å². The van der Waals surface area contributed by atoms with Crippen LogP contribution in [-0.4, -0.2) is 43.0 Å². The molecule has 0 spiro atoms. The fraction of sp³-hybridized carbons (Fsp3) is 0.211. The fourth-order valence-corrected chi connectivity index (χ4v) is 2.19. The molecule has 0 atom stereocenters. The lowest BCUT2D eigenvalue weighted by Crippen LogP contribution is -2.32. The summed E-state index contributed by atoms with van der Waals surface area (Å²) in [6, 6.07) is 14.1. The molecule has 3 rings (SSSR count). The highest BCUT2D eigenvalue weighted by Gasteiger charge is 2.05. The molecule has 8 heteroatoms. The molecule has 0 aliphatic rings. The Morgan fingerprint density at radius 2 is 1.96 bits per heavy atom. The number of nitrogens with one attached hydrogen (secondary N) is 1. The van der Waals surface area contributed by atoms with Crippen LogP contribution in [-0.2, 0) is 4.79 Å². The Balaban J connectivity index is 1.35. The quantitative estimate of drug-likeness (QED) is 0.578. The Hall–Kier alpha value is -3.55. The number of carbonyl (C=O) groups is 1. The van der Waals surface area contributed by atoms with Crippen LogP contribution in [0.2, 0.25) is 0 Å². The van der Waals surface area contributed by atoms with Gasteiger partial charge in [-0.2, -0.15) is 0 Å². The van der Waals surface area contributed by atoms with Crippen LogP contribution in [0, 0.1) is 0 Å². The van der Waals surface area contributed by atoms with Crippen molar-refractivity contribution in [2.75, 3.05) is 26.9 Å². The van der Waals surface area contributed by atoms with E-state index in [1.165, 1.54) is 0 Å². The molecule has 0 saturated heterocycles. The average molecular weight is 369 g/mol. The van der Waals surface area contributed by atoms with Crippen molar-refractivity contribution in [2.45, 2.75) is 0 Å². The summed E-state index contributed by atoms with van der Waals surface area (Å²) in [7, 11) is 1.57. The number of hydrogen-bond donors (Lipinski definition) is 1. The van der Waals surface area contributed by atoms with Crippen molar-refractivity contribution in [1.82, 2.24) is 15.5 Å². The summed E-state index contributed by atoms with van der Waals surface area (Å²) in [5.74, 6) is 1.98. The van der Waals surface area contributed by atoms with E-state index in [-0.39, 0.29) is 19.1 Å². The molecule has 140 valence electrons. The van der Waals surface area contributed by atoms with Crippen LogP contribution in [0.25, 0.3) is 11.5 Å². The maximum absolute atomic E-state index is 11.8. The van der Waals surface area contributed by atoms with Gasteiger partial charge >= 0.3 is 0 Å². The summed E-state index contributed by atoms with van der Waals surface area (Å²) in [6.07, 6.45) is 1.57. The molecule has 0 aliphatic heterocycles. The zero-order valence-corrected chi connectivity index (χ0v) is 14.8. The summed E-state index contributed by atoms with van der Waals surface area (Å²) in [5, 5.41) is 10.7. The molecule has 2 aromatic heterocycles. The number of aromatic nitrogens is 2. The first kappa shape index (κ1) is 18.2. The van der Waals surface area contributed by atoms with Gasteiger partial charge in [-0.15, -0.1) is 10.2 Å². The Morgan fingerprint density at radius 3 is 2.70 bits per heavy atom. The van der Waals surface area contributed by atoms with Crippen LogP contribution >= 0.6 is 0 Å². The van der Waals surface area contributed by atoms with Gasteiger partial charge in [0.25, 0.3) is 5.91 Å². The van der Waals surface area contributed by atoms with E-state index in [1.807, 2.05) is 0 Å². The normalized spacial score (nSPS) is 10.3. The van der Waals surface area contributed by atoms with Crippen LogP contribution in [0.5, 0.6) is 17.4 Å². The Labute approximate surface area is 156 Å². The zero-order valence-electron chi connectivity index (χ0n) is 14.8. The van der Waals surface area contributed by atoms with E-state index in [2.05, 4.69) is 15.5 Å². The molecule has 27 heavy (non-hydrogen) atoms. The van der Waals surface area contributed by atoms with Gasteiger partial charge in [-0.05, 0) is 30.3 Å². The molecule has 8 nitrogen and oxygen atoms in total. The molecule has 0 fully saturated rings. The summed E-state index contributed by atoms with van der Waals surface area (Å²) < 4.78 is 21.2. The molecule has 0 bridgehead atoms. The number of carbonyl (C=O) groups excluding carboxylic acids is 1. The predicted octanol–water partition coefficient (Wildman–Crippen LogP) is 2.32. The van der Waals surface area contributed by atoms with Crippen molar-refractivity contribution in [3.05, 3.63) is 54.8 Å². The number of benzene rings is 1. The molecular formula is C19H19N3O5. The van der Waals surface area contributed by atoms with Crippen molar-refractivity contribution in [3.8, 4) is 28.8 Å². The van der Waals surface area contributed by atoms with Crippen molar-refractivity contribution in [3.63, 3.8) is 0 Å². The maximum atomic E-state index is 11.8. The second-order valence-electron chi connectivity index (χ2n) is 5.40. The smallest absolute Gasteiger partial charge is 0.258 e. The fourth-order valence-electron chi connectivity index (χ4n) is 2.19. The molecule has 1 amide bonds. The van der Waals surface area contributed by atoms with Gasteiger partial charge in [0.15, 0.2) is 12.4 Å². The van der Waals surface area contributed by atoms with Gasteiger partial charge in [0.2, 0.25) is 5.88 Å². The number of rotatable bonds is 9. The average Bonchev–Trinajstić information content (AvgIpc) is 3.25. The third-order valence-corrected chi connectivity index (χ3v) is 3.50. The molecule has 0 saturated carbocycles. The number of furan rings is 1. The molecule has 3 aromatic rings. The standard InChI is InChI=1S/C19H19N3O5/c1-24-14-4-2-5-15(12-14)27-13-18(23)20-9-11-26-19-8-7-16(21-22-19)17-6-3-10-25-17/h2-8,10,12H,9,11,13H2,1H3,(H,20,23). The van der Waals surface area contributed by atoms with Gasteiger partial charge in [0, 0.05) is 12.1 Å². The monoisotopic (exact) mass is 369 g/mol. The first-order valence-electron chi connectivity index (χ1n) is 8.28. The van der Waals surface area contributed by atoms with Gasteiger partial charge in [0.1, 0.15) is 23.8 Å². The summed E-state index contributed by atoms with van der Waals surface area (Å²) in [4.78, 5) is 11.8. The van der Waals surface area contributed by atoms with Crippen molar-refractivity contribution in [1.29, 1.82) is 0 Å². The second kappa shape index (κ2) is 9.23. The highest BCUT2D eigenvalue weighted by molar-refractivity contribution is 5.77. The lowest BCUT2D eigenvalue weighted by Gasteiger charge is -2.09. The third-order valence-electron chi connectivity index (χ3n) is 3.50. The number of hydrogen-bond acceptors (Lipinski definition) is 7. The molecule has 0 aliphatic carbocycles. The second-order valence-corrected chi connectivity index (χ2v) is 5.40. The zero-order chi connectivity index (χ0) is 18.9. The summed E-state index contributed by atoms with van der Waals surface area (Å²) >= 11 is 0. The minimum absolute atomic E-state index is 0.0924. The third kappa shape index (κ3) is 5.46. The van der Waals surface area contributed by atoms with E-state index in [0.29, 0.717) is 35.4 Å². The van der Waals surface area contributed by atoms with E-state index < -0.39 is 0 Å². The van der Waals surface area contributed by atoms with Gasteiger partial charge < -0.3 is 23.9 Å². The van der Waals surface area contributed by atoms with Gasteiger partial charge in [-0.25, -0.2) is 0 Å². The Kier molecular flexibility index (Phi) is 6.24. The van der Waals surface area contributed by atoms with E-state index in [9.17, 15) is 4.79 Å². The van der Waals surface area contributed by atoms with Crippen LogP contribution in [0.15, 0.2) is 59.2 Å². The Bertz CT molecular complexity index is 850. The molecule has 0 radical (unpaired) electrons. The number of ether oxygens (including phenoxy) is 3. The first-order valence-corrected chi connectivity index (χ1v) is 8.28. The Morgan fingerprint density at radius 1 is 1.07 bits per heavy atom. The molecule has 2 heterocycles. The lowest BCUT2D eigenvalue weighted by molar-refractivity contribution is -0.123. The van der Waals surface area contributed by atoms with Crippen LogP contribution in [0.1, 0.15) is 0 Å². The summed E-state index contributed by atoms with van der Waals surface area (Å²) in [5.41, 5.74) is 0.621. The molecule has 1 aromatic carbocycles. The minimum atomic E-state index is -0.249. The van der Waals surface area contributed by atoms with Crippen molar-refractivity contribution in [2.24, 2.45) is 0 Å². The first-order chi connectivity index (χ1) is 13.2. The van der Waals surface area contributed by atoms with Crippen LogP contribution in [0.4, 0.5) is 0 Å². The van der Waals surface area contributed by atoms with E-state index >= 15 is 0 Å².